The lowest BCUT2D eigenvalue weighted by Gasteiger charge is -2.35. The second-order valence-electron chi connectivity index (χ2n) is 17.0. The molecular weight excluding hydrogens is 800 g/mol. The quantitative estimate of drug-likeness (QED) is 0.105. The monoisotopic (exact) mass is 853 g/mol. The number of carbonyl (C=O) groups is 4. The van der Waals surface area contributed by atoms with Crippen LogP contribution >= 0.6 is 0 Å². The van der Waals surface area contributed by atoms with Crippen LogP contribution in [0.25, 0.3) is 22.0 Å². The molecule has 1 unspecified atom stereocenters. The van der Waals surface area contributed by atoms with Gasteiger partial charge in [0.2, 0.25) is 17.7 Å². The normalized spacial score (nSPS) is 18.8. The predicted molar refractivity (Wildman–Crippen MR) is 228 cm³/mol. The van der Waals surface area contributed by atoms with Crippen molar-refractivity contribution in [3.8, 4) is 16.9 Å². The van der Waals surface area contributed by atoms with E-state index in [0.717, 1.165) is 75.7 Å². The van der Waals surface area contributed by atoms with Gasteiger partial charge in [0, 0.05) is 67.6 Å². The number of aromatic nitrogens is 2. The molecule has 1 aromatic heterocycles. The number of hydrogen-bond acceptors (Lipinski definition) is 9. The molecule has 4 amide bonds. The van der Waals surface area contributed by atoms with Gasteiger partial charge in [0.25, 0.3) is 5.91 Å². The molecule has 3 fully saturated rings. The first-order valence-corrected chi connectivity index (χ1v) is 22.1. The molecule has 4 aliphatic heterocycles. The molecule has 328 valence electrons. The number of imide groups is 1. The molecule has 1 N–H and O–H groups in total. The van der Waals surface area contributed by atoms with Crippen LogP contribution in [0.15, 0.2) is 42.7 Å². The number of nitrogens with one attached hydrogen (secondary N) is 1. The third-order valence-electron chi connectivity index (χ3n) is 13.1. The Bertz CT molecular complexity index is 2360. The number of amides is 4. The highest BCUT2D eigenvalue weighted by Crippen LogP contribution is 2.39. The number of piperazine rings is 1. The molecule has 0 aliphatic carbocycles. The van der Waals surface area contributed by atoms with E-state index in [4.69, 9.17) is 4.74 Å². The zero-order chi connectivity index (χ0) is 43.5. The molecule has 0 bridgehead atoms. The molecule has 0 saturated carbocycles. The Balaban J connectivity index is 0.781. The molecule has 1 atom stereocenters. The standard InChI is InChI=1S/C47H54F3N7O5/c1-3-41(59)55-18-20-56(21-19-55)45-36-23-29(2)42(43(50)44(36)51-28-52-45)35-26-32(9-10-38(35)49)62-22-8-6-4-5-7-15-54-16-13-30(14-17-54)33-24-31(48)25-34-37(33)27-57(47(34)61)39-11-12-40(58)53-46(39)60/h9-10,23-26,28,30,39H,3-8,11-22,27H2,1-2H3,(H,53,58,60). The van der Waals surface area contributed by atoms with Gasteiger partial charge in [-0.25, -0.2) is 23.1 Å². The minimum atomic E-state index is -0.731. The Hall–Kier alpha value is -5.57. The van der Waals surface area contributed by atoms with Gasteiger partial charge in [0.15, 0.2) is 5.82 Å². The Kier molecular flexibility index (Phi) is 13.1. The summed E-state index contributed by atoms with van der Waals surface area (Å²) in [5, 5.41) is 2.87. The zero-order valence-electron chi connectivity index (χ0n) is 35.5. The van der Waals surface area contributed by atoms with Gasteiger partial charge in [0.05, 0.1) is 6.61 Å². The summed E-state index contributed by atoms with van der Waals surface area (Å²) in [7, 11) is 0. The molecule has 15 heteroatoms. The van der Waals surface area contributed by atoms with Gasteiger partial charge in [-0.05, 0) is 118 Å². The van der Waals surface area contributed by atoms with E-state index in [-0.39, 0.29) is 59.7 Å². The smallest absolute Gasteiger partial charge is 0.255 e. The summed E-state index contributed by atoms with van der Waals surface area (Å²) in [6, 6.07) is 8.34. The fourth-order valence-electron chi connectivity index (χ4n) is 9.68. The number of aryl methyl sites for hydroxylation is 1. The predicted octanol–water partition coefficient (Wildman–Crippen LogP) is 7.05. The molecule has 12 nitrogen and oxygen atoms in total. The SMILES string of the molecule is CCC(=O)N1CCN(c2ncnc3c(F)c(-c4cc(OCCCCCCCN5CCC(c6cc(F)cc7c6CN(C6CCC(=O)NC6=O)C7=O)CC5)ccc4F)c(C)cc23)CC1. The van der Waals surface area contributed by atoms with Crippen LogP contribution in [0.3, 0.4) is 0 Å². The Labute approximate surface area is 359 Å². The first kappa shape index (κ1) is 43.1. The lowest BCUT2D eigenvalue weighted by molar-refractivity contribution is -0.137. The topological polar surface area (TPSA) is 128 Å². The first-order valence-electron chi connectivity index (χ1n) is 22.1. The molecule has 3 saturated heterocycles. The summed E-state index contributed by atoms with van der Waals surface area (Å²) in [6.45, 7) is 9.30. The number of fused-ring (bicyclic) bond motifs is 2. The first-order chi connectivity index (χ1) is 30.0. The Morgan fingerprint density at radius 3 is 2.39 bits per heavy atom. The van der Waals surface area contributed by atoms with Gasteiger partial charge in [-0.3, -0.25) is 24.5 Å². The maximum Gasteiger partial charge on any atom is 0.255 e. The second-order valence-corrected chi connectivity index (χ2v) is 17.0. The highest BCUT2D eigenvalue weighted by Gasteiger charge is 2.41. The molecular formula is C47H54F3N7O5. The number of likely N-dealkylation sites (tertiary alicyclic amines) is 1. The van der Waals surface area contributed by atoms with Gasteiger partial charge in [-0.2, -0.15) is 0 Å². The van der Waals surface area contributed by atoms with Gasteiger partial charge in [-0.15, -0.1) is 0 Å². The molecule has 3 aromatic carbocycles. The van der Waals surface area contributed by atoms with Gasteiger partial charge in [0.1, 0.15) is 41.1 Å². The zero-order valence-corrected chi connectivity index (χ0v) is 35.5. The molecule has 0 radical (unpaired) electrons. The number of nitrogens with zero attached hydrogens (tertiary/aromatic N) is 6. The lowest BCUT2D eigenvalue weighted by atomic mass is 9.85. The van der Waals surface area contributed by atoms with Crippen LogP contribution in [0.5, 0.6) is 5.75 Å². The maximum absolute atomic E-state index is 16.3. The van der Waals surface area contributed by atoms with E-state index in [1.54, 1.807) is 25.1 Å². The minimum Gasteiger partial charge on any atom is -0.494 e. The number of carbonyl (C=O) groups excluding carboxylic acids is 4. The number of benzene rings is 3. The van der Waals surface area contributed by atoms with E-state index < -0.39 is 29.4 Å². The fourth-order valence-corrected chi connectivity index (χ4v) is 9.68. The van der Waals surface area contributed by atoms with Crippen molar-refractivity contribution in [2.45, 2.75) is 96.6 Å². The molecule has 4 aliphatic rings. The van der Waals surface area contributed by atoms with Crippen LogP contribution in [0.2, 0.25) is 0 Å². The van der Waals surface area contributed by atoms with E-state index in [1.165, 1.54) is 23.4 Å². The molecule has 8 rings (SSSR count). The molecule has 62 heavy (non-hydrogen) atoms. The van der Waals surface area contributed by atoms with Crippen LogP contribution in [0, 0.1) is 24.4 Å². The molecule has 5 heterocycles. The van der Waals surface area contributed by atoms with E-state index in [1.807, 2.05) is 22.8 Å². The van der Waals surface area contributed by atoms with Gasteiger partial charge in [-0.1, -0.05) is 26.2 Å². The van der Waals surface area contributed by atoms with Crippen molar-refractivity contribution in [2.24, 2.45) is 0 Å². The van der Waals surface area contributed by atoms with Crippen LogP contribution in [0.4, 0.5) is 19.0 Å². The minimum absolute atomic E-state index is 0.106. The van der Waals surface area contributed by atoms with Crippen molar-refractivity contribution in [3.05, 3.63) is 82.4 Å². The number of anilines is 1. The van der Waals surface area contributed by atoms with E-state index in [9.17, 15) is 23.6 Å². The largest absolute Gasteiger partial charge is 0.494 e. The average molecular weight is 854 g/mol. The van der Waals surface area contributed by atoms with Crippen molar-refractivity contribution in [2.75, 3.05) is 57.3 Å². The number of rotatable bonds is 14. The number of unbranched alkanes of at least 4 members (excludes halogenated alkanes) is 4. The highest BCUT2D eigenvalue weighted by atomic mass is 19.1. The van der Waals surface area contributed by atoms with Gasteiger partial charge >= 0.3 is 0 Å². The second kappa shape index (κ2) is 18.8. The van der Waals surface area contributed by atoms with E-state index in [0.29, 0.717) is 67.3 Å². The molecule has 4 aromatic rings. The number of piperidine rings is 2. The summed E-state index contributed by atoms with van der Waals surface area (Å²) in [5.41, 5.74) is 2.91. The average Bonchev–Trinajstić information content (AvgIpc) is 3.59. The summed E-state index contributed by atoms with van der Waals surface area (Å²) < 4.78 is 52.5. The fraction of sp³-hybridized carbons (Fsp3) is 0.489. The molecule has 0 spiro atoms. The number of halogens is 3. The Morgan fingerprint density at radius 1 is 0.871 bits per heavy atom. The lowest BCUT2D eigenvalue weighted by Crippen LogP contribution is -2.52. The van der Waals surface area contributed by atoms with Crippen molar-refractivity contribution >= 4 is 40.3 Å². The summed E-state index contributed by atoms with van der Waals surface area (Å²) in [5.74, 6) is -1.49. The van der Waals surface area contributed by atoms with Crippen LogP contribution in [0.1, 0.15) is 104 Å². The van der Waals surface area contributed by atoms with Crippen LogP contribution in [-0.2, 0) is 20.9 Å². The van der Waals surface area contributed by atoms with E-state index >= 15 is 8.78 Å². The summed E-state index contributed by atoms with van der Waals surface area (Å²) >= 11 is 0. The van der Waals surface area contributed by atoms with Crippen LogP contribution in [-0.4, -0.2) is 107 Å². The van der Waals surface area contributed by atoms with Crippen molar-refractivity contribution < 1.29 is 37.1 Å². The Morgan fingerprint density at radius 2 is 1.63 bits per heavy atom. The maximum atomic E-state index is 16.3. The third-order valence-corrected chi connectivity index (χ3v) is 13.1. The van der Waals surface area contributed by atoms with Crippen molar-refractivity contribution in [1.29, 1.82) is 0 Å². The summed E-state index contributed by atoms with van der Waals surface area (Å²) in [4.78, 5) is 66.2. The van der Waals surface area contributed by atoms with Crippen molar-refractivity contribution in [1.82, 2.24) is 30.0 Å². The van der Waals surface area contributed by atoms with Crippen LogP contribution < -0.4 is 15.0 Å². The van der Waals surface area contributed by atoms with Crippen molar-refractivity contribution in [3.63, 3.8) is 0 Å². The number of ether oxygens (including phenoxy) is 1. The highest BCUT2D eigenvalue weighted by molar-refractivity contribution is 6.05. The van der Waals surface area contributed by atoms with Gasteiger partial charge < -0.3 is 24.3 Å². The number of hydrogen-bond donors (Lipinski definition) is 1. The third kappa shape index (κ3) is 9.00. The van der Waals surface area contributed by atoms with E-state index in [2.05, 4.69) is 20.2 Å². The summed E-state index contributed by atoms with van der Waals surface area (Å²) in [6.07, 6.45) is 8.89.